The summed E-state index contributed by atoms with van der Waals surface area (Å²) < 4.78 is 37.7. The number of hydrogen-bond acceptors (Lipinski definition) is 2. The molecule has 0 fully saturated rings. The summed E-state index contributed by atoms with van der Waals surface area (Å²) in [7, 11) is 0. The van der Waals surface area contributed by atoms with E-state index in [1.165, 1.54) is 10.9 Å². The molecule has 0 aliphatic heterocycles. The van der Waals surface area contributed by atoms with Gasteiger partial charge in [0, 0.05) is 17.7 Å². The number of rotatable bonds is 6. The number of Topliss-reactive ketones (excluding diaryl/α,β-unsaturated/α-hetero) is 1. The first kappa shape index (κ1) is 15.8. The second-order valence-electron chi connectivity index (χ2n) is 4.85. The third kappa shape index (κ3) is 5.01. The minimum absolute atomic E-state index is 0.0223. The Bertz CT molecular complexity index is 588. The van der Waals surface area contributed by atoms with Crippen molar-refractivity contribution in [3.8, 4) is 0 Å². The molecule has 0 saturated carbocycles. The Hall–Kier alpha value is -1.62. The van der Waals surface area contributed by atoms with E-state index in [9.17, 15) is 18.0 Å². The lowest BCUT2D eigenvalue weighted by Gasteiger charge is -2.08. The summed E-state index contributed by atoms with van der Waals surface area (Å²) in [5, 5.41) is 1.99. The van der Waals surface area contributed by atoms with Gasteiger partial charge in [-0.2, -0.15) is 13.2 Å². The summed E-state index contributed by atoms with van der Waals surface area (Å²) in [6.45, 7) is 0. The van der Waals surface area contributed by atoms with Crippen LogP contribution in [-0.4, -0.2) is 5.78 Å². The third-order valence-electron chi connectivity index (χ3n) is 3.11. The molecule has 0 N–H and O–H groups in total. The van der Waals surface area contributed by atoms with Crippen molar-refractivity contribution < 1.29 is 18.0 Å². The van der Waals surface area contributed by atoms with E-state index in [4.69, 9.17) is 0 Å². The average Bonchev–Trinajstić information content (AvgIpc) is 2.91. The second-order valence-corrected chi connectivity index (χ2v) is 5.88. The maximum atomic E-state index is 12.6. The normalized spacial score (nSPS) is 11.6. The molecule has 1 nitrogen and oxygen atoms in total. The molecule has 5 heteroatoms. The molecule has 21 heavy (non-hydrogen) atoms. The first-order valence-corrected chi connectivity index (χ1v) is 7.53. The van der Waals surface area contributed by atoms with Gasteiger partial charge in [0.15, 0.2) is 0 Å². The van der Waals surface area contributed by atoms with Gasteiger partial charge in [-0.25, -0.2) is 0 Å². The number of ketones is 1. The minimum atomic E-state index is -4.36. The summed E-state index contributed by atoms with van der Waals surface area (Å²) in [6, 6.07) is 8.96. The minimum Gasteiger partial charge on any atom is -0.299 e. The fourth-order valence-electron chi connectivity index (χ4n) is 2.09. The highest BCUT2D eigenvalue weighted by Crippen LogP contribution is 2.29. The zero-order valence-corrected chi connectivity index (χ0v) is 12.1. The predicted octanol–water partition coefficient (Wildman–Crippen LogP) is 4.90. The number of carbonyl (C=O) groups is 1. The summed E-state index contributed by atoms with van der Waals surface area (Å²) in [5.74, 6) is -0.0223. The topological polar surface area (TPSA) is 17.1 Å². The van der Waals surface area contributed by atoms with Gasteiger partial charge in [0.2, 0.25) is 0 Å². The van der Waals surface area contributed by atoms with E-state index in [1.54, 1.807) is 17.4 Å². The largest absolute Gasteiger partial charge is 0.416 e. The van der Waals surface area contributed by atoms with Crippen molar-refractivity contribution >= 4 is 17.1 Å². The molecule has 0 aliphatic carbocycles. The lowest BCUT2D eigenvalue weighted by atomic mass is 10.0. The summed E-state index contributed by atoms with van der Waals surface area (Å²) in [5.41, 5.74) is -0.280. The summed E-state index contributed by atoms with van der Waals surface area (Å²) >= 11 is 1.65. The first-order valence-electron chi connectivity index (χ1n) is 6.65. The van der Waals surface area contributed by atoms with Crippen LogP contribution in [0, 0.1) is 0 Å². The number of halogens is 3. The van der Waals surface area contributed by atoms with Crippen LogP contribution in [0.15, 0.2) is 41.8 Å². The number of carbonyl (C=O) groups excluding carboxylic acids is 1. The van der Waals surface area contributed by atoms with Crippen LogP contribution in [0.5, 0.6) is 0 Å². The molecule has 2 aromatic rings. The third-order valence-corrected chi connectivity index (χ3v) is 4.05. The molecule has 0 radical (unpaired) electrons. The van der Waals surface area contributed by atoms with Crippen molar-refractivity contribution in [1.82, 2.24) is 0 Å². The van der Waals surface area contributed by atoms with E-state index < -0.39 is 11.7 Å². The van der Waals surface area contributed by atoms with E-state index in [1.807, 2.05) is 17.5 Å². The number of aryl methyl sites for hydroxylation is 1. The van der Waals surface area contributed by atoms with E-state index in [0.29, 0.717) is 12.0 Å². The van der Waals surface area contributed by atoms with Gasteiger partial charge in [0.1, 0.15) is 5.78 Å². The van der Waals surface area contributed by atoms with Crippen LogP contribution in [0.1, 0.15) is 28.8 Å². The van der Waals surface area contributed by atoms with E-state index in [0.717, 1.165) is 25.0 Å². The SMILES string of the molecule is O=C(CCCc1cccs1)Cc1cccc(C(F)(F)F)c1. The van der Waals surface area contributed by atoms with Crippen LogP contribution >= 0.6 is 11.3 Å². The molecule has 0 atom stereocenters. The van der Waals surface area contributed by atoms with Gasteiger partial charge < -0.3 is 0 Å². The molecule has 1 heterocycles. The van der Waals surface area contributed by atoms with Crippen LogP contribution < -0.4 is 0 Å². The Kier molecular flexibility index (Phi) is 5.17. The Labute approximate surface area is 125 Å². The van der Waals surface area contributed by atoms with Crippen molar-refractivity contribution in [1.29, 1.82) is 0 Å². The van der Waals surface area contributed by atoms with Crippen molar-refractivity contribution in [3.05, 3.63) is 57.8 Å². The summed E-state index contributed by atoms with van der Waals surface area (Å²) in [4.78, 5) is 13.0. The van der Waals surface area contributed by atoms with Gasteiger partial charge in [-0.1, -0.05) is 24.3 Å². The Morgan fingerprint density at radius 3 is 2.62 bits per heavy atom. The van der Waals surface area contributed by atoms with Crippen LogP contribution in [0.3, 0.4) is 0 Å². The molecule has 0 amide bonds. The van der Waals surface area contributed by atoms with Crippen molar-refractivity contribution in [3.63, 3.8) is 0 Å². The molecule has 1 aromatic carbocycles. The highest BCUT2D eigenvalue weighted by molar-refractivity contribution is 7.09. The van der Waals surface area contributed by atoms with Crippen molar-refractivity contribution in [2.24, 2.45) is 0 Å². The molecule has 0 bridgehead atoms. The highest BCUT2D eigenvalue weighted by Gasteiger charge is 2.30. The van der Waals surface area contributed by atoms with Gasteiger partial charge in [-0.15, -0.1) is 11.3 Å². The standard InChI is InChI=1S/C16H15F3OS/c17-16(18,19)13-5-1-4-12(10-13)11-14(20)6-2-7-15-8-3-9-21-15/h1,3-5,8-10H,2,6-7,11H2. The fraction of sp³-hybridized carbons (Fsp3) is 0.312. The number of hydrogen-bond donors (Lipinski definition) is 0. The Balaban J connectivity index is 1.85. The van der Waals surface area contributed by atoms with Crippen LogP contribution in [-0.2, 0) is 23.8 Å². The lowest BCUT2D eigenvalue weighted by molar-refractivity contribution is -0.137. The number of thiophene rings is 1. The molecular formula is C16H15F3OS. The van der Waals surface area contributed by atoms with E-state index >= 15 is 0 Å². The fourth-order valence-corrected chi connectivity index (χ4v) is 2.84. The zero-order valence-electron chi connectivity index (χ0n) is 11.3. The van der Waals surface area contributed by atoms with Gasteiger partial charge in [-0.05, 0) is 35.9 Å². The molecule has 2 rings (SSSR count). The maximum absolute atomic E-state index is 12.6. The first-order chi connectivity index (χ1) is 9.95. The maximum Gasteiger partial charge on any atom is 0.416 e. The molecule has 112 valence electrons. The van der Waals surface area contributed by atoms with Crippen LogP contribution in [0.4, 0.5) is 13.2 Å². The molecule has 0 saturated heterocycles. The molecule has 0 aliphatic rings. The lowest BCUT2D eigenvalue weighted by Crippen LogP contribution is -2.07. The van der Waals surface area contributed by atoms with Crippen LogP contribution in [0.25, 0.3) is 0 Å². The molecule has 0 unspecified atom stereocenters. The van der Waals surface area contributed by atoms with Crippen molar-refractivity contribution in [2.45, 2.75) is 31.9 Å². The van der Waals surface area contributed by atoms with Gasteiger partial charge in [0.05, 0.1) is 5.56 Å². The Morgan fingerprint density at radius 1 is 1.14 bits per heavy atom. The highest BCUT2D eigenvalue weighted by atomic mass is 32.1. The van der Waals surface area contributed by atoms with E-state index in [2.05, 4.69) is 0 Å². The summed E-state index contributed by atoms with van der Waals surface area (Å²) in [6.07, 6.45) is -2.33. The van der Waals surface area contributed by atoms with Gasteiger partial charge in [0.25, 0.3) is 0 Å². The van der Waals surface area contributed by atoms with Gasteiger partial charge in [-0.3, -0.25) is 4.79 Å². The van der Waals surface area contributed by atoms with Crippen LogP contribution in [0.2, 0.25) is 0 Å². The molecular weight excluding hydrogens is 297 g/mol. The number of alkyl halides is 3. The number of benzene rings is 1. The van der Waals surface area contributed by atoms with E-state index in [-0.39, 0.29) is 12.2 Å². The van der Waals surface area contributed by atoms with Crippen molar-refractivity contribution in [2.75, 3.05) is 0 Å². The Morgan fingerprint density at radius 2 is 1.95 bits per heavy atom. The molecule has 1 aromatic heterocycles. The second kappa shape index (κ2) is 6.89. The smallest absolute Gasteiger partial charge is 0.299 e. The van der Waals surface area contributed by atoms with Gasteiger partial charge >= 0.3 is 6.18 Å². The predicted molar refractivity (Wildman–Crippen MR) is 77.4 cm³/mol. The quantitative estimate of drug-likeness (QED) is 0.741. The molecule has 0 spiro atoms. The zero-order chi connectivity index (χ0) is 15.3. The average molecular weight is 312 g/mol. The monoisotopic (exact) mass is 312 g/mol.